The van der Waals surface area contributed by atoms with E-state index in [1.54, 1.807) is 0 Å². The SMILES string of the molecule is CC1(C(=O)Oc2ccc3ccccc3c2)CC2C=CC1C2. The Morgan fingerprint density at radius 3 is 2.67 bits per heavy atom. The first-order chi connectivity index (χ1) is 10.1. The normalized spacial score (nSPS) is 30.0. The molecule has 2 heteroatoms. The minimum Gasteiger partial charge on any atom is -0.426 e. The molecular weight excluding hydrogens is 260 g/mol. The molecule has 1 saturated carbocycles. The highest BCUT2D eigenvalue weighted by Crippen LogP contribution is 2.52. The first-order valence-electron chi connectivity index (χ1n) is 7.54. The van der Waals surface area contributed by atoms with Crippen molar-refractivity contribution in [3.05, 3.63) is 54.6 Å². The molecule has 2 aliphatic carbocycles. The quantitative estimate of drug-likeness (QED) is 0.464. The molecule has 0 aliphatic heterocycles. The van der Waals surface area contributed by atoms with Crippen LogP contribution in [0.5, 0.6) is 5.75 Å². The van der Waals surface area contributed by atoms with Crippen molar-refractivity contribution >= 4 is 16.7 Å². The van der Waals surface area contributed by atoms with Gasteiger partial charge in [0.2, 0.25) is 0 Å². The minimum absolute atomic E-state index is 0.0883. The van der Waals surface area contributed by atoms with Crippen LogP contribution in [-0.2, 0) is 4.79 Å². The standard InChI is InChI=1S/C19H18O2/c1-19(12-13-6-8-16(19)10-13)18(20)21-17-9-7-14-4-2-3-5-15(14)11-17/h2-9,11,13,16H,10,12H2,1H3. The van der Waals surface area contributed by atoms with Gasteiger partial charge in [0.25, 0.3) is 0 Å². The Morgan fingerprint density at radius 2 is 1.95 bits per heavy atom. The highest BCUT2D eigenvalue weighted by Gasteiger charge is 2.51. The molecule has 0 N–H and O–H groups in total. The van der Waals surface area contributed by atoms with Gasteiger partial charge in [-0.1, -0.05) is 42.5 Å². The molecule has 2 bridgehead atoms. The fraction of sp³-hybridized carbons (Fsp3) is 0.316. The summed E-state index contributed by atoms with van der Waals surface area (Å²) < 4.78 is 5.69. The lowest BCUT2D eigenvalue weighted by Crippen LogP contribution is -2.35. The van der Waals surface area contributed by atoms with E-state index in [4.69, 9.17) is 4.74 Å². The van der Waals surface area contributed by atoms with E-state index in [2.05, 4.69) is 18.2 Å². The first-order valence-corrected chi connectivity index (χ1v) is 7.54. The van der Waals surface area contributed by atoms with Crippen LogP contribution in [0.4, 0.5) is 0 Å². The van der Waals surface area contributed by atoms with Gasteiger partial charge in [-0.25, -0.2) is 0 Å². The van der Waals surface area contributed by atoms with Crippen molar-refractivity contribution in [2.24, 2.45) is 17.3 Å². The Balaban J connectivity index is 1.60. The molecule has 0 spiro atoms. The lowest BCUT2D eigenvalue weighted by Gasteiger charge is -2.28. The maximum absolute atomic E-state index is 12.6. The molecule has 0 amide bonds. The Morgan fingerprint density at radius 1 is 1.14 bits per heavy atom. The highest BCUT2D eigenvalue weighted by molar-refractivity contribution is 5.86. The van der Waals surface area contributed by atoms with Crippen molar-refractivity contribution in [3.63, 3.8) is 0 Å². The zero-order valence-corrected chi connectivity index (χ0v) is 12.1. The summed E-state index contributed by atoms with van der Waals surface area (Å²) in [5.41, 5.74) is -0.356. The number of ether oxygens (including phenoxy) is 1. The summed E-state index contributed by atoms with van der Waals surface area (Å²) in [6.45, 7) is 2.05. The van der Waals surface area contributed by atoms with Gasteiger partial charge in [0.05, 0.1) is 5.41 Å². The van der Waals surface area contributed by atoms with E-state index in [9.17, 15) is 4.79 Å². The topological polar surface area (TPSA) is 26.3 Å². The van der Waals surface area contributed by atoms with Gasteiger partial charge < -0.3 is 4.74 Å². The van der Waals surface area contributed by atoms with E-state index in [1.807, 2.05) is 43.3 Å². The fourth-order valence-corrected chi connectivity index (χ4v) is 3.78. The number of benzene rings is 2. The number of hydrogen-bond acceptors (Lipinski definition) is 2. The van der Waals surface area contributed by atoms with Crippen LogP contribution in [0, 0.1) is 17.3 Å². The summed E-state index contributed by atoms with van der Waals surface area (Å²) in [6.07, 6.45) is 6.45. The Bertz CT molecular complexity index is 746. The Labute approximate surface area is 124 Å². The molecule has 2 aliphatic rings. The molecule has 2 nitrogen and oxygen atoms in total. The number of fused-ring (bicyclic) bond motifs is 3. The van der Waals surface area contributed by atoms with Crippen LogP contribution in [0.15, 0.2) is 54.6 Å². The molecule has 21 heavy (non-hydrogen) atoms. The summed E-state index contributed by atoms with van der Waals surface area (Å²) in [6, 6.07) is 13.9. The second-order valence-corrected chi connectivity index (χ2v) is 6.51. The molecular formula is C19H18O2. The number of allylic oxidation sites excluding steroid dienone is 2. The summed E-state index contributed by atoms with van der Waals surface area (Å²) in [7, 11) is 0. The summed E-state index contributed by atoms with van der Waals surface area (Å²) in [4.78, 5) is 12.6. The first kappa shape index (κ1) is 12.6. The number of carbonyl (C=O) groups excluding carboxylic acids is 1. The van der Waals surface area contributed by atoms with E-state index in [1.165, 1.54) is 0 Å². The molecule has 4 rings (SSSR count). The molecule has 3 atom stereocenters. The Hall–Kier alpha value is -2.09. The zero-order valence-electron chi connectivity index (χ0n) is 12.1. The van der Waals surface area contributed by atoms with Gasteiger partial charge >= 0.3 is 5.97 Å². The predicted molar refractivity (Wildman–Crippen MR) is 83.0 cm³/mol. The van der Waals surface area contributed by atoms with Crippen LogP contribution >= 0.6 is 0 Å². The zero-order chi connectivity index (χ0) is 14.4. The molecule has 0 aromatic heterocycles. The molecule has 0 saturated heterocycles. The molecule has 0 radical (unpaired) electrons. The molecule has 106 valence electrons. The lowest BCUT2D eigenvalue weighted by atomic mass is 9.78. The smallest absolute Gasteiger partial charge is 0.317 e. The maximum atomic E-state index is 12.6. The van der Waals surface area contributed by atoms with Crippen molar-refractivity contribution in [1.82, 2.24) is 0 Å². The second kappa shape index (κ2) is 4.45. The number of hydrogen-bond donors (Lipinski definition) is 0. The van der Waals surface area contributed by atoms with Gasteiger partial charge in [-0.05, 0) is 54.5 Å². The molecule has 2 aromatic carbocycles. The van der Waals surface area contributed by atoms with E-state index in [0.29, 0.717) is 17.6 Å². The molecule has 1 fully saturated rings. The van der Waals surface area contributed by atoms with Gasteiger partial charge in [0, 0.05) is 0 Å². The summed E-state index contributed by atoms with van der Waals surface area (Å²) in [5, 5.41) is 2.26. The number of esters is 1. The third-order valence-corrected chi connectivity index (χ3v) is 5.07. The van der Waals surface area contributed by atoms with Crippen molar-refractivity contribution in [2.45, 2.75) is 19.8 Å². The lowest BCUT2D eigenvalue weighted by molar-refractivity contribution is -0.146. The molecule has 0 heterocycles. The van der Waals surface area contributed by atoms with Gasteiger partial charge in [-0.2, -0.15) is 0 Å². The van der Waals surface area contributed by atoms with Gasteiger partial charge in [0.15, 0.2) is 0 Å². The average molecular weight is 278 g/mol. The third-order valence-electron chi connectivity index (χ3n) is 5.07. The van der Waals surface area contributed by atoms with Crippen molar-refractivity contribution in [3.8, 4) is 5.75 Å². The maximum Gasteiger partial charge on any atom is 0.317 e. The largest absolute Gasteiger partial charge is 0.426 e. The predicted octanol–water partition coefficient (Wildman–Crippen LogP) is 4.35. The highest BCUT2D eigenvalue weighted by atomic mass is 16.5. The monoisotopic (exact) mass is 278 g/mol. The van der Waals surface area contributed by atoms with Crippen LogP contribution in [-0.4, -0.2) is 5.97 Å². The van der Waals surface area contributed by atoms with E-state index >= 15 is 0 Å². The van der Waals surface area contributed by atoms with Crippen LogP contribution in [0.3, 0.4) is 0 Å². The van der Waals surface area contributed by atoms with Gasteiger partial charge in [-0.3, -0.25) is 4.79 Å². The number of carbonyl (C=O) groups is 1. The van der Waals surface area contributed by atoms with Crippen molar-refractivity contribution < 1.29 is 9.53 Å². The number of rotatable bonds is 2. The van der Waals surface area contributed by atoms with E-state index in [0.717, 1.165) is 23.6 Å². The minimum atomic E-state index is -0.356. The van der Waals surface area contributed by atoms with E-state index in [-0.39, 0.29) is 11.4 Å². The van der Waals surface area contributed by atoms with Crippen LogP contribution in [0.2, 0.25) is 0 Å². The Kier molecular flexibility index (Phi) is 2.68. The van der Waals surface area contributed by atoms with Crippen molar-refractivity contribution in [1.29, 1.82) is 0 Å². The van der Waals surface area contributed by atoms with Gasteiger partial charge in [-0.15, -0.1) is 0 Å². The van der Waals surface area contributed by atoms with Gasteiger partial charge in [0.1, 0.15) is 5.75 Å². The van der Waals surface area contributed by atoms with Crippen molar-refractivity contribution in [2.75, 3.05) is 0 Å². The third kappa shape index (κ3) is 1.98. The molecule has 2 aromatic rings. The summed E-state index contributed by atoms with van der Waals surface area (Å²) in [5.74, 6) is 1.46. The average Bonchev–Trinajstić information content (AvgIpc) is 3.08. The summed E-state index contributed by atoms with van der Waals surface area (Å²) >= 11 is 0. The molecule has 3 unspecified atom stereocenters. The van der Waals surface area contributed by atoms with E-state index < -0.39 is 0 Å². The van der Waals surface area contributed by atoms with Crippen LogP contribution in [0.1, 0.15) is 19.8 Å². The second-order valence-electron chi connectivity index (χ2n) is 6.51. The fourth-order valence-electron chi connectivity index (χ4n) is 3.78. The van der Waals surface area contributed by atoms with Crippen LogP contribution in [0.25, 0.3) is 10.8 Å². The van der Waals surface area contributed by atoms with Crippen LogP contribution < -0.4 is 4.74 Å².